The van der Waals surface area contributed by atoms with Gasteiger partial charge in [0.1, 0.15) is 5.75 Å². The molecule has 0 radical (unpaired) electrons. The first kappa shape index (κ1) is 16.2. The van der Waals surface area contributed by atoms with E-state index in [2.05, 4.69) is 27.2 Å². The number of benzene rings is 2. The van der Waals surface area contributed by atoms with Gasteiger partial charge in [0, 0.05) is 12.1 Å². The van der Waals surface area contributed by atoms with Crippen molar-refractivity contribution in [2.75, 3.05) is 14.2 Å². The predicted molar refractivity (Wildman–Crippen MR) is 92.6 cm³/mol. The van der Waals surface area contributed by atoms with Crippen LogP contribution in [0.1, 0.15) is 17.0 Å². The standard InChI is InChI=1S/C19H21N3O2/c1-14-11-15(9-10-17(14)23-3)12-22(2)13-18-20-19(21-24-18)16-7-5-4-6-8-16/h4-11H,12-13H2,1-3H3. The second-order valence-corrected chi connectivity index (χ2v) is 5.85. The lowest BCUT2D eigenvalue weighted by atomic mass is 10.1. The summed E-state index contributed by atoms with van der Waals surface area (Å²) in [5, 5.41) is 4.05. The van der Waals surface area contributed by atoms with Crippen molar-refractivity contribution >= 4 is 0 Å². The van der Waals surface area contributed by atoms with Gasteiger partial charge < -0.3 is 9.26 Å². The molecule has 1 aromatic heterocycles. The molecular formula is C19H21N3O2. The first-order chi connectivity index (χ1) is 11.7. The molecule has 0 bridgehead atoms. The number of nitrogens with zero attached hydrogens (tertiary/aromatic N) is 3. The summed E-state index contributed by atoms with van der Waals surface area (Å²) >= 11 is 0. The molecule has 5 heteroatoms. The van der Waals surface area contributed by atoms with Crippen molar-refractivity contribution < 1.29 is 9.26 Å². The van der Waals surface area contributed by atoms with Crippen molar-refractivity contribution in [2.45, 2.75) is 20.0 Å². The van der Waals surface area contributed by atoms with Crippen molar-refractivity contribution in [3.05, 3.63) is 65.5 Å². The first-order valence-corrected chi connectivity index (χ1v) is 7.86. The molecule has 24 heavy (non-hydrogen) atoms. The summed E-state index contributed by atoms with van der Waals surface area (Å²) in [6.07, 6.45) is 0. The van der Waals surface area contributed by atoms with E-state index in [0.29, 0.717) is 18.3 Å². The van der Waals surface area contributed by atoms with E-state index < -0.39 is 0 Å². The fourth-order valence-corrected chi connectivity index (χ4v) is 2.66. The molecule has 0 spiro atoms. The zero-order chi connectivity index (χ0) is 16.9. The largest absolute Gasteiger partial charge is 0.496 e. The topological polar surface area (TPSA) is 51.4 Å². The summed E-state index contributed by atoms with van der Waals surface area (Å²) in [5.74, 6) is 2.15. The first-order valence-electron chi connectivity index (χ1n) is 7.86. The van der Waals surface area contributed by atoms with Crippen LogP contribution in [-0.4, -0.2) is 29.2 Å². The zero-order valence-electron chi connectivity index (χ0n) is 14.2. The number of hydrogen-bond donors (Lipinski definition) is 0. The minimum Gasteiger partial charge on any atom is -0.496 e. The highest BCUT2D eigenvalue weighted by atomic mass is 16.5. The summed E-state index contributed by atoms with van der Waals surface area (Å²) in [4.78, 5) is 6.61. The minimum absolute atomic E-state index is 0.602. The molecule has 0 aliphatic carbocycles. The van der Waals surface area contributed by atoms with E-state index in [-0.39, 0.29) is 0 Å². The van der Waals surface area contributed by atoms with E-state index in [1.54, 1.807) is 7.11 Å². The van der Waals surface area contributed by atoms with E-state index in [1.807, 2.05) is 50.4 Å². The van der Waals surface area contributed by atoms with Gasteiger partial charge in [-0.05, 0) is 31.2 Å². The monoisotopic (exact) mass is 323 g/mol. The fraction of sp³-hybridized carbons (Fsp3) is 0.263. The highest BCUT2D eigenvalue weighted by Crippen LogP contribution is 2.20. The van der Waals surface area contributed by atoms with Gasteiger partial charge in [-0.25, -0.2) is 0 Å². The van der Waals surface area contributed by atoms with Crippen LogP contribution in [0.3, 0.4) is 0 Å². The van der Waals surface area contributed by atoms with Crippen LogP contribution in [0.2, 0.25) is 0 Å². The number of aromatic nitrogens is 2. The van der Waals surface area contributed by atoms with Gasteiger partial charge in [-0.3, -0.25) is 4.90 Å². The minimum atomic E-state index is 0.602. The summed E-state index contributed by atoms with van der Waals surface area (Å²) in [5.41, 5.74) is 3.31. The molecule has 5 nitrogen and oxygen atoms in total. The van der Waals surface area contributed by atoms with Crippen LogP contribution >= 0.6 is 0 Å². The molecule has 0 amide bonds. The Labute approximate surface area is 141 Å². The highest BCUT2D eigenvalue weighted by Gasteiger charge is 2.11. The van der Waals surface area contributed by atoms with Crippen LogP contribution in [0.5, 0.6) is 5.75 Å². The molecule has 3 aromatic rings. The Morgan fingerprint density at radius 2 is 1.88 bits per heavy atom. The number of ether oxygens (including phenoxy) is 1. The van der Waals surface area contributed by atoms with Crippen LogP contribution in [0, 0.1) is 6.92 Å². The van der Waals surface area contributed by atoms with E-state index in [9.17, 15) is 0 Å². The maximum Gasteiger partial charge on any atom is 0.241 e. The number of methoxy groups -OCH3 is 1. The van der Waals surface area contributed by atoms with E-state index in [0.717, 1.165) is 23.4 Å². The van der Waals surface area contributed by atoms with Gasteiger partial charge in [-0.2, -0.15) is 4.98 Å². The van der Waals surface area contributed by atoms with Gasteiger partial charge in [-0.15, -0.1) is 0 Å². The van der Waals surface area contributed by atoms with Crippen molar-refractivity contribution in [3.63, 3.8) is 0 Å². The van der Waals surface area contributed by atoms with E-state index in [1.165, 1.54) is 5.56 Å². The van der Waals surface area contributed by atoms with Crippen LogP contribution < -0.4 is 4.74 Å². The Morgan fingerprint density at radius 3 is 2.58 bits per heavy atom. The van der Waals surface area contributed by atoms with Gasteiger partial charge in [0.05, 0.1) is 13.7 Å². The summed E-state index contributed by atoms with van der Waals surface area (Å²) in [7, 11) is 3.72. The molecule has 2 aromatic carbocycles. The third-order valence-electron chi connectivity index (χ3n) is 3.82. The summed E-state index contributed by atoms with van der Waals surface area (Å²) < 4.78 is 10.7. The van der Waals surface area contributed by atoms with Gasteiger partial charge in [-0.1, -0.05) is 47.6 Å². The molecule has 0 saturated heterocycles. The molecule has 0 aliphatic rings. The molecule has 3 rings (SSSR count). The quantitative estimate of drug-likeness (QED) is 0.692. The smallest absolute Gasteiger partial charge is 0.241 e. The van der Waals surface area contributed by atoms with Gasteiger partial charge in [0.2, 0.25) is 11.7 Å². The van der Waals surface area contributed by atoms with Crippen LogP contribution in [0.4, 0.5) is 0 Å². The van der Waals surface area contributed by atoms with Crippen LogP contribution in [0.15, 0.2) is 53.1 Å². The highest BCUT2D eigenvalue weighted by molar-refractivity contribution is 5.53. The lowest BCUT2D eigenvalue weighted by molar-refractivity contribution is 0.260. The molecule has 0 unspecified atom stereocenters. The summed E-state index contributed by atoms with van der Waals surface area (Å²) in [6.45, 7) is 3.45. The molecule has 124 valence electrons. The van der Waals surface area contributed by atoms with E-state index >= 15 is 0 Å². The molecule has 0 aliphatic heterocycles. The van der Waals surface area contributed by atoms with Crippen molar-refractivity contribution in [1.29, 1.82) is 0 Å². The molecule has 0 atom stereocenters. The lowest BCUT2D eigenvalue weighted by Crippen LogP contribution is -2.17. The zero-order valence-corrected chi connectivity index (χ0v) is 14.2. The Morgan fingerprint density at radius 1 is 1.08 bits per heavy atom. The van der Waals surface area contributed by atoms with Crippen LogP contribution in [-0.2, 0) is 13.1 Å². The average molecular weight is 323 g/mol. The number of rotatable bonds is 6. The Bertz CT molecular complexity index is 799. The molecule has 1 heterocycles. The predicted octanol–water partition coefficient (Wildman–Crippen LogP) is 3.69. The van der Waals surface area contributed by atoms with Crippen molar-refractivity contribution in [3.8, 4) is 17.1 Å². The van der Waals surface area contributed by atoms with Gasteiger partial charge in [0.25, 0.3) is 0 Å². The molecule has 0 fully saturated rings. The maximum atomic E-state index is 5.36. The Balaban J connectivity index is 1.64. The molecule has 0 N–H and O–H groups in total. The van der Waals surface area contributed by atoms with E-state index in [4.69, 9.17) is 9.26 Å². The fourth-order valence-electron chi connectivity index (χ4n) is 2.66. The van der Waals surface area contributed by atoms with Crippen LogP contribution in [0.25, 0.3) is 11.4 Å². The third-order valence-corrected chi connectivity index (χ3v) is 3.82. The Hall–Kier alpha value is -2.66. The molecular weight excluding hydrogens is 302 g/mol. The SMILES string of the molecule is COc1ccc(CN(C)Cc2nc(-c3ccccc3)no2)cc1C. The van der Waals surface area contributed by atoms with Gasteiger partial charge in [0.15, 0.2) is 0 Å². The van der Waals surface area contributed by atoms with Crippen molar-refractivity contribution in [1.82, 2.24) is 15.0 Å². The molecule has 0 saturated carbocycles. The second kappa shape index (κ2) is 7.27. The second-order valence-electron chi connectivity index (χ2n) is 5.85. The third kappa shape index (κ3) is 3.81. The summed E-state index contributed by atoms with van der Waals surface area (Å²) in [6, 6.07) is 16.0. The number of aryl methyl sites for hydroxylation is 1. The van der Waals surface area contributed by atoms with Gasteiger partial charge >= 0.3 is 0 Å². The number of hydrogen-bond acceptors (Lipinski definition) is 5. The maximum absolute atomic E-state index is 5.36. The average Bonchev–Trinajstić information content (AvgIpc) is 3.04. The lowest BCUT2D eigenvalue weighted by Gasteiger charge is -2.15. The normalized spacial score (nSPS) is 11.0. The Kier molecular flexibility index (Phi) is 4.91. The van der Waals surface area contributed by atoms with Crippen molar-refractivity contribution in [2.24, 2.45) is 0 Å².